The molecule has 1 aromatic heterocycles. The normalized spacial score (nSPS) is 31.4. The zero-order chi connectivity index (χ0) is 16.6. The molecule has 23 heavy (non-hydrogen) atoms. The van der Waals surface area contributed by atoms with E-state index >= 15 is 0 Å². The van der Waals surface area contributed by atoms with Crippen molar-refractivity contribution < 1.29 is 24.9 Å². The number of carbonyl (C=O) groups excluding carboxylic acids is 1. The van der Waals surface area contributed by atoms with Gasteiger partial charge in [0.2, 0.25) is 0 Å². The highest BCUT2D eigenvalue weighted by atomic mass is 32.1. The van der Waals surface area contributed by atoms with Crippen molar-refractivity contribution in [2.75, 3.05) is 0 Å². The van der Waals surface area contributed by atoms with Crippen LogP contribution in [0.3, 0.4) is 0 Å². The molecule has 0 spiro atoms. The van der Waals surface area contributed by atoms with E-state index in [0.717, 1.165) is 10.1 Å². The predicted octanol–water partition coefficient (Wildman–Crippen LogP) is 1.73. The molecule has 2 unspecified atom stereocenters. The second kappa shape index (κ2) is 6.67. The summed E-state index contributed by atoms with van der Waals surface area (Å²) in [6.45, 7) is 1.64. The summed E-state index contributed by atoms with van der Waals surface area (Å²) in [6.07, 6.45) is -4.23. The van der Waals surface area contributed by atoms with E-state index < -0.39 is 30.5 Å². The monoisotopic (exact) mass is 336 g/mol. The number of thiophene rings is 1. The molecule has 0 saturated carbocycles. The highest BCUT2D eigenvalue weighted by Crippen LogP contribution is 2.28. The van der Waals surface area contributed by atoms with Crippen molar-refractivity contribution in [3.8, 4) is 0 Å². The molecule has 0 bridgehead atoms. The number of hydrogen-bond acceptors (Lipinski definition) is 6. The maximum absolute atomic E-state index is 12.4. The molecular formula is C17H20O5S. The van der Waals surface area contributed by atoms with Gasteiger partial charge in [-0.1, -0.05) is 18.2 Å². The van der Waals surface area contributed by atoms with Gasteiger partial charge in [0.05, 0.1) is 17.1 Å². The molecule has 1 aliphatic rings. The third-order valence-electron chi connectivity index (χ3n) is 4.31. The summed E-state index contributed by atoms with van der Waals surface area (Å²) in [5.74, 6) is -0.00438. The first-order valence-corrected chi connectivity index (χ1v) is 8.50. The van der Waals surface area contributed by atoms with Gasteiger partial charge in [-0.2, -0.15) is 0 Å². The first-order valence-electron chi connectivity index (χ1n) is 7.69. The Hall–Kier alpha value is -1.31. The van der Waals surface area contributed by atoms with E-state index in [1.54, 1.807) is 6.92 Å². The van der Waals surface area contributed by atoms with Crippen molar-refractivity contribution in [1.82, 2.24) is 0 Å². The summed E-state index contributed by atoms with van der Waals surface area (Å²) in [5.41, 5.74) is 0. The van der Waals surface area contributed by atoms with Gasteiger partial charge in [-0.05, 0) is 30.9 Å². The fourth-order valence-corrected chi connectivity index (χ4v) is 3.92. The maximum Gasteiger partial charge on any atom is 0.172 e. The number of hydrogen-bond donors (Lipinski definition) is 3. The lowest BCUT2D eigenvalue weighted by molar-refractivity contribution is -0.217. The van der Waals surface area contributed by atoms with Gasteiger partial charge < -0.3 is 20.1 Å². The Morgan fingerprint density at radius 3 is 2.65 bits per heavy atom. The van der Waals surface area contributed by atoms with Crippen LogP contribution in [0.2, 0.25) is 0 Å². The topological polar surface area (TPSA) is 87.0 Å². The quantitative estimate of drug-likeness (QED) is 0.740. The highest BCUT2D eigenvalue weighted by molar-refractivity contribution is 7.20. The molecule has 0 aliphatic carbocycles. The number of fused-ring (bicyclic) bond motifs is 1. The maximum atomic E-state index is 12.4. The van der Waals surface area contributed by atoms with Crippen LogP contribution in [-0.2, 0) is 4.74 Å². The molecule has 124 valence electrons. The Bertz CT molecular complexity index is 664. The van der Waals surface area contributed by atoms with Gasteiger partial charge in [0.25, 0.3) is 0 Å². The second-order valence-corrected chi connectivity index (χ2v) is 7.05. The van der Waals surface area contributed by atoms with E-state index in [2.05, 4.69) is 0 Å². The number of rotatable bonds is 4. The van der Waals surface area contributed by atoms with Gasteiger partial charge in [-0.25, -0.2) is 0 Å². The summed E-state index contributed by atoms with van der Waals surface area (Å²) < 4.78 is 6.58. The lowest BCUT2D eigenvalue weighted by atomic mass is 9.92. The van der Waals surface area contributed by atoms with Crippen molar-refractivity contribution in [2.45, 2.75) is 50.3 Å². The first-order chi connectivity index (χ1) is 11.0. The van der Waals surface area contributed by atoms with Crippen LogP contribution in [0.1, 0.15) is 29.4 Å². The SMILES string of the molecule is CC1O[C@H](CCC(=O)c2cc3ccccc3s2)C(O)[C@@H](O)[C@@H]1O. The van der Waals surface area contributed by atoms with Crippen molar-refractivity contribution in [3.05, 3.63) is 35.2 Å². The molecule has 1 fully saturated rings. The van der Waals surface area contributed by atoms with Crippen molar-refractivity contribution in [2.24, 2.45) is 0 Å². The lowest BCUT2D eigenvalue weighted by Crippen LogP contribution is -2.56. The molecule has 5 atom stereocenters. The first kappa shape index (κ1) is 16.5. The summed E-state index contributed by atoms with van der Waals surface area (Å²) in [4.78, 5) is 13.0. The van der Waals surface area contributed by atoms with Crippen molar-refractivity contribution in [3.63, 3.8) is 0 Å². The van der Waals surface area contributed by atoms with Crippen LogP contribution in [-0.4, -0.2) is 51.6 Å². The molecule has 2 heterocycles. The van der Waals surface area contributed by atoms with Gasteiger partial charge in [-0.3, -0.25) is 4.79 Å². The van der Waals surface area contributed by atoms with E-state index in [1.807, 2.05) is 30.3 Å². The number of aliphatic hydroxyl groups excluding tert-OH is 3. The smallest absolute Gasteiger partial charge is 0.172 e. The number of benzene rings is 1. The molecule has 1 aliphatic heterocycles. The Labute approximate surface area is 138 Å². The Morgan fingerprint density at radius 1 is 1.17 bits per heavy atom. The van der Waals surface area contributed by atoms with E-state index in [-0.39, 0.29) is 12.2 Å². The molecule has 3 rings (SSSR count). The third-order valence-corrected chi connectivity index (χ3v) is 5.46. The average molecular weight is 336 g/mol. The predicted molar refractivity (Wildman–Crippen MR) is 87.7 cm³/mol. The fraction of sp³-hybridized carbons (Fsp3) is 0.471. The van der Waals surface area contributed by atoms with Crippen LogP contribution < -0.4 is 0 Å². The molecule has 6 heteroatoms. The standard InChI is InChI=1S/C17H20O5S/c1-9-15(19)17(21)16(20)12(22-9)7-6-11(18)14-8-10-4-2-3-5-13(10)23-14/h2-5,8-9,12,15-17,19-21H,6-7H2,1H3/t9?,12-,15-,16?,17+/m1/s1. The molecule has 0 amide bonds. The zero-order valence-electron chi connectivity index (χ0n) is 12.8. The zero-order valence-corrected chi connectivity index (χ0v) is 13.6. The van der Waals surface area contributed by atoms with Gasteiger partial charge >= 0.3 is 0 Å². The Morgan fingerprint density at radius 2 is 1.91 bits per heavy atom. The van der Waals surface area contributed by atoms with Gasteiger partial charge in [0.15, 0.2) is 5.78 Å². The Balaban J connectivity index is 1.64. The summed E-state index contributed by atoms with van der Waals surface area (Å²) in [6, 6.07) is 9.69. The van der Waals surface area contributed by atoms with Gasteiger partial charge in [0.1, 0.15) is 18.3 Å². The van der Waals surface area contributed by atoms with Gasteiger partial charge in [0, 0.05) is 11.1 Å². The summed E-state index contributed by atoms with van der Waals surface area (Å²) in [5, 5.41) is 30.5. The highest BCUT2D eigenvalue weighted by Gasteiger charge is 2.41. The van der Waals surface area contributed by atoms with E-state index in [1.165, 1.54) is 11.3 Å². The molecule has 0 radical (unpaired) electrons. The number of ketones is 1. The van der Waals surface area contributed by atoms with Crippen LogP contribution in [0.15, 0.2) is 30.3 Å². The Kier molecular flexibility index (Phi) is 4.79. The fourth-order valence-electron chi connectivity index (χ4n) is 2.89. The van der Waals surface area contributed by atoms with Crippen molar-refractivity contribution in [1.29, 1.82) is 0 Å². The van der Waals surface area contributed by atoms with Gasteiger partial charge in [-0.15, -0.1) is 11.3 Å². The third kappa shape index (κ3) is 3.32. The molecular weight excluding hydrogens is 316 g/mol. The summed E-state index contributed by atoms with van der Waals surface area (Å²) in [7, 11) is 0. The molecule has 3 N–H and O–H groups in total. The minimum atomic E-state index is -1.25. The largest absolute Gasteiger partial charge is 0.388 e. The van der Waals surface area contributed by atoms with E-state index in [0.29, 0.717) is 11.3 Å². The number of carbonyl (C=O) groups is 1. The van der Waals surface area contributed by atoms with E-state index in [4.69, 9.17) is 4.74 Å². The second-order valence-electron chi connectivity index (χ2n) is 5.96. The van der Waals surface area contributed by atoms with Crippen LogP contribution in [0.25, 0.3) is 10.1 Å². The van der Waals surface area contributed by atoms with Crippen molar-refractivity contribution >= 4 is 27.2 Å². The minimum Gasteiger partial charge on any atom is -0.388 e. The molecule has 5 nitrogen and oxygen atoms in total. The summed E-state index contributed by atoms with van der Waals surface area (Å²) >= 11 is 1.45. The lowest BCUT2D eigenvalue weighted by Gasteiger charge is -2.39. The van der Waals surface area contributed by atoms with E-state index in [9.17, 15) is 20.1 Å². The van der Waals surface area contributed by atoms with Crippen LogP contribution in [0, 0.1) is 0 Å². The number of ether oxygens (including phenoxy) is 1. The van der Waals surface area contributed by atoms with Crippen LogP contribution in [0.4, 0.5) is 0 Å². The molecule has 1 saturated heterocycles. The van der Waals surface area contributed by atoms with Crippen LogP contribution >= 0.6 is 11.3 Å². The number of aliphatic hydroxyl groups is 3. The average Bonchev–Trinajstić information content (AvgIpc) is 2.99. The molecule has 1 aromatic carbocycles. The minimum absolute atomic E-state index is 0.00438. The van der Waals surface area contributed by atoms with Crippen LogP contribution in [0.5, 0.6) is 0 Å². The number of Topliss-reactive ketones (excluding diaryl/α,β-unsaturated/α-hetero) is 1. The molecule has 2 aromatic rings.